The molecule has 0 bridgehead atoms. The van der Waals surface area contributed by atoms with Gasteiger partial charge in [0.05, 0.1) is 0 Å². The van der Waals surface area contributed by atoms with Gasteiger partial charge in [-0.25, -0.2) is 4.39 Å². The van der Waals surface area contributed by atoms with E-state index in [1.54, 1.807) is 0 Å². The molecule has 0 saturated carbocycles. The molecular formula is C12H13F6N3O. The van der Waals surface area contributed by atoms with Crippen molar-refractivity contribution in [2.45, 2.75) is 31.7 Å². The Morgan fingerprint density at radius 1 is 1.27 bits per heavy atom. The Hall–Kier alpha value is -2.13. The number of nitrogens with zero attached hydrogens (tertiary/aromatic N) is 1. The van der Waals surface area contributed by atoms with Gasteiger partial charge in [0.15, 0.2) is 6.10 Å². The Morgan fingerprint density at radius 2 is 1.91 bits per heavy atom. The first-order chi connectivity index (χ1) is 10.1. The number of aryl methyl sites for hydroxylation is 1. The number of rotatable bonds is 5. The maximum atomic E-state index is 13.4. The molecule has 0 saturated heterocycles. The summed E-state index contributed by atoms with van der Waals surface area (Å²) in [5.41, 5.74) is 10.4. The molecule has 0 aliphatic carbocycles. The number of ether oxygens (including phenoxy) is 1. The topological polar surface area (TPSA) is 73.6 Å². The molecule has 0 spiro atoms. The summed E-state index contributed by atoms with van der Waals surface area (Å²) in [7, 11) is 0. The number of hydrogen-bond donors (Lipinski definition) is 2. The van der Waals surface area contributed by atoms with Crippen LogP contribution in [-0.4, -0.2) is 24.9 Å². The Morgan fingerprint density at radius 3 is 2.45 bits per heavy atom. The molecule has 124 valence electrons. The summed E-state index contributed by atoms with van der Waals surface area (Å²) in [6.07, 6.45) is -8.47. The second-order valence-corrected chi connectivity index (χ2v) is 4.28. The smallest absolute Gasteiger partial charge is 0.425 e. The number of anilines is 1. The Kier molecular flexibility index (Phi) is 5.89. The molecule has 0 unspecified atom stereocenters. The molecular weight excluding hydrogens is 316 g/mol. The Labute approximate surface area is 121 Å². The van der Waals surface area contributed by atoms with Crippen molar-refractivity contribution in [3.63, 3.8) is 0 Å². The monoisotopic (exact) mass is 329 g/mol. The van der Waals surface area contributed by atoms with Gasteiger partial charge in [0.25, 0.3) is 6.02 Å². The van der Waals surface area contributed by atoms with Crippen molar-refractivity contribution in [2.24, 2.45) is 10.7 Å². The Balaban J connectivity index is 2.80. The minimum absolute atomic E-state index is 0.0535. The van der Waals surface area contributed by atoms with Crippen molar-refractivity contribution in [1.82, 2.24) is 0 Å². The van der Waals surface area contributed by atoms with Crippen LogP contribution >= 0.6 is 0 Å². The highest BCUT2D eigenvalue weighted by atomic mass is 19.4. The van der Waals surface area contributed by atoms with E-state index in [2.05, 4.69) is 9.73 Å². The van der Waals surface area contributed by atoms with Crippen LogP contribution in [0.4, 0.5) is 32.0 Å². The molecule has 4 nitrogen and oxygen atoms in total. The van der Waals surface area contributed by atoms with E-state index >= 15 is 0 Å². The van der Waals surface area contributed by atoms with E-state index in [0.29, 0.717) is 0 Å². The predicted octanol–water partition coefficient (Wildman–Crippen LogP) is 2.83. The molecule has 22 heavy (non-hydrogen) atoms. The maximum absolute atomic E-state index is 13.4. The number of halogens is 6. The molecule has 0 heterocycles. The van der Waals surface area contributed by atoms with Gasteiger partial charge >= 0.3 is 12.7 Å². The summed E-state index contributed by atoms with van der Waals surface area (Å²) in [6, 6.07) is 2.16. The molecule has 4 N–H and O–H groups in total. The van der Waals surface area contributed by atoms with Gasteiger partial charge in [0.2, 0.25) is 0 Å². The highest BCUT2D eigenvalue weighted by Crippen LogP contribution is 2.27. The lowest BCUT2D eigenvalue weighted by Gasteiger charge is -2.21. The number of amidine groups is 1. The van der Waals surface area contributed by atoms with Crippen molar-refractivity contribution in [2.75, 3.05) is 5.73 Å². The second kappa shape index (κ2) is 7.23. The lowest BCUT2D eigenvalue weighted by atomic mass is 10.1. The zero-order chi connectivity index (χ0) is 16.9. The standard InChI is InChI=1S/C12H13F6N3O/c13-8-3-2-7(19)5-6(8)1-4-9(12(16,17)18)22-11(20)21-10(14)15/h2-3,5,9-10H,1,4,19H2,(H2,20,21)/t9-/m1/s1. The van der Waals surface area contributed by atoms with Crippen LogP contribution in [0.1, 0.15) is 12.0 Å². The van der Waals surface area contributed by atoms with E-state index in [1.165, 1.54) is 12.1 Å². The minimum Gasteiger partial charge on any atom is -0.452 e. The maximum Gasteiger partial charge on any atom is 0.425 e. The third-order valence-corrected chi connectivity index (χ3v) is 2.60. The van der Waals surface area contributed by atoms with Crippen molar-refractivity contribution >= 4 is 11.7 Å². The van der Waals surface area contributed by atoms with Gasteiger partial charge in [-0.15, -0.1) is 0 Å². The quantitative estimate of drug-likeness (QED) is 0.287. The second-order valence-electron chi connectivity index (χ2n) is 4.28. The first-order valence-electron chi connectivity index (χ1n) is 5.98. The molecule has 1 atom stereocenters. The average molecular weight is 329 g/mol. The molecule has 0 amide bonds. The normalized spacial score (nSPS) is 14.2. The van der Waals surface area contributed by atoms with E-state index < -0.39 is 37.1 Å². The first-order valence-corrected chi connectivity index (χ1v) is 5.98. The van der Waals surface area contributed by atoms with Crippen molar-refractivity contribution in [1.29, 1.82) is 0 Å². The lowest BCUT2D eigenvalue weighted by molar-refractivity contribution is -0.200. The van der Waals surface area contributed by atoms with Crippen LogP contribution in [0, 0.1) is 5.82 Å². The van der Waals surface area contributed by atoms with Crippen LogP contribution in [0.2, 0.25) is 0 Å². The molecule has 10 heteroatoms. The fraction of sp³-hybridized carbons (Fsp3) is 0.417. The molecule has 0 aliphatic rings. The van der Waals surface area contributed by atoms with Crippen LogP contribution in [0.3, 0.4) is 0 Å². The molecule has 0 aromatic heterocycles. The van der Waals surface area contributed by atoms with Crippen LogP contribution in [0.15, 0.2) is 23.2 Å². The van der Waals surface area contributed by atoms with Gasteiger partial charge in [-0.3, -0.25) is 0 Å². The van der Waals surface area contributed by atoms with Crippen LogP contribution in [0.5, 0.6) is 0 Å². The van der Waals surface area contributed by atoms with E-state index in [1.807, 2.05) is 0 Å². The first kappa shape index (κ1) is 17.9. The van der Waals surface area contributed by atoms with E-state index in [0.717, 1.165) is 6.07 Å². The van der Waals surface area contributed by atoms with Gasteiger partial charge in [-0.05, 0) is 36.6 Å². The summed E-state index contributed by atoms with van der Waals surface area (Å²) in [5, 5.41) is 0. The van der Waals surface area contributed by atoms with Crippen LogP contribution in [0.25, 0.3) is 0 Å². The van der Waals surface area contributed by atoms with Crippen LogP contribution < -0.4 is 11.5 Å². The molecule has 1 aromatic carbocycles. The molecule has 1 aromatic rings. The molecule has 0 aliphatic heterocycles. The SMILES string of the molecule is N/C(=N/C(F)F)O[C@H](CCc1cc(N)ccc1F)C(F)(F)F. The predicted molar refractivity (Wildman–Crippen MR) is 67.7 cm³/mol. The average Bonchev–Trinajstić information content (AvgIpc) is 2.36. The van der Waals surface area contributed by atoms with Crippen molar-refractivity contribution < 1.29 is 31.1 Å². The number of aliphatic imine (C=N–C) groups is 1. The summed E-state index contributed by atoms with van der Waals surface area (Å²) < 4.78 is 79.7. The van der Waals surface area contributed by atoms with Crippen molar-refractivity contribution in [3.05, 3.63) is 29.6 Å². The molecule has 0 radical (unpaired) electrons. The van der Waals surface area contributed by atoms with Crippen molar-refractivity contribution in [3.8, 4) is 0 Å². The number of benzene rings is 1. The third-order valence-electron chi connectivity index (χ3n) is 2.60. The van der Waals surface area contributed by atoms with E-state index in [9.17, 15) is 26.3 Å². The van der Waals surface area contributed by atoms with Crippen LogP contribution in [-0.2, 0) is 11.2 Å². The number of nitrogens with two attached hydrogens (primary N) is 2. The fourth-order valence-corrected chi connectivity index (χ4v) is 1.63. The van der Waals surface area contributed by atoms with Gasteiger partial charge < -0.3 is 16.2 Å². The van der Waals surface area contributed by atoms with E-state index in [4.69, 9.17) is 11.5 Å². The highest BCUT2D eigenvalue weighted by Gasteiger charge is 2.42. The fourth-order valence-electron chi connectivity index (χ4n) is 1.63. The van der Waals surface area contributed by atoms with Gasteiger partial charge in [0, 0.05) is 5.69 Å². The summed E-state index contributed by atoms with van der Waals surface area (Å²) >= 11 is 0. The van der Waals surface area contributed by atoms with Gasteiger partial charge in [-0.2, -0.15) is 26.9 Å². The summed E-state index contributed by atoms with van der Waals surface area (Å²) in [5.74, 6) is -0.732. The highest BCUT2D eigenvalue weighted by molar-refractivity contribution is 5.71. The third kappa shape index (κ3) is 5.70. The molecule has 0 fully saturated rings. The number of alkyl halides is 5. The molecule has 1 rings (SSSR count). The lowest BCUT2D eigenvalue weighted by Crippen LogP contribution is -2.37. The largest absolute Gasteiger partial charge is 0.452 e. The summed E-state index contributed by atoms with van der Waals surface area (Å²) in [4.78, 5) is 2.36. The number of hydrogen-bond acceptors (Lipinski definition) is 3. The van der Waals surface area contributed by atoms with E-state index in [-0.39, 0.29) is 17.7 Å². The van der Waals surface area contributed by atoms with Gasteiger partial charge in [0.1, 0.15) is 5.82 Å². The zero-order valence-electron chi connectivity index (χ0n) is 11.1. The number of nitrogen functional groups attached to an aromatic ring is 1. The zero-order valence-corrected chi connectivity index (χ0v) is 11.1. The van der Waals surface area contributed by atoms with Gasteiger partial charge in [-0.1, -0.05) is 0 Å². The minimum atomic E-state index is -4.88. The summed E-state index contributed by atoms with van der Waals surface area (Å²) in [6.45, 7) is -3.29. The Bertz CT molecular complexity index is 532.